The summed E-state index contributed by atoms with van der Waals surface area (Å²) in [4.78, 5) is 0. The Morgan fingerprint density at radius 1 is 0.857 bits per heavy atom. The quantitative estimate of drug-likeness (QED) is 0.884. The van der Waals surface area contributed by atoms with Gasteiger partial charge in [0.15, 0.2) is 0 Å². The van der Waals surface area contributed by atoms with Gasteiger partial charge in [-0.25, -0.2) is 0 Å². The second-order valence-corrected chi connectivity index (χ2v) is 5.59. The van der Waals surface area contributed by atoms with Crippen molar-refractivity contribution in [2.45, 2.75) is 37.8 Å². The molecular weight excluding hydrogens is 262 g/mol. The third kappa shape index (κ3) is 3.99. The van der Waals surface area contributed by atoms with E-state index in [1.165, 1.54) is 0 Å². The van der Waals surface area contributed by atoms with Crippen molar-refractivity contribution in [2.24, 2.45) is 0 Å². The Balaban J connectivity index is 1.63. The van der Waals surface area contributed by atoms with Crippen LogP contribution in [0.3, 0.4) is 0 Å². The number of ether oxygens (including phenoxy) is 1. The van der Waals surface area contributed by atoms with Crippen LogP contribution in [0.5, 0.6) is 11.5 Å². The molecule has 1 aliphatic carbocycles. The highest BCUT2D eigenvalue weighted by molar-refractivity contribution is 5.49. The summed E-state index contributed by atoms with van der Waals surface area (Å²) >= 11 is 0. The van der Waals surface area contributed by atoms with E-state index in [4.69, 9.17) is 4.74 Å². The summed E-state index contributed by atoms with van der Waals surface area (Å²) in [5, 5.41) is 13.1. The fraction of sp³-hybridized carbons (Fsp3) is 0.333. The standard InChI is InChI=1S/C18H21NO2/c20-16-11-9-14(10-12-16)19-15-5-4-8-18(13-15)21-17-6-2-1-3-7-17/h1-8,13-14,16,19-20H,9-12H2. The van der Waals surface area contributed by atoms with Crippen LogP contribution in [0.4, 0.5) is 5.69 Å². The number of aliphatic hydroxyl groups excluding tert-OH is 1. The highest BCUT2D eigenvalue weighted by Crippen LogP contribution is 2.26. The smallest absolute Gasteiger partial charge is 0.129 e. The Bertz CT molecular complexity index is 562. The Morgan fingerprint density at radius 2 is 1.57 bits per heavy atom. The Morgan fingerprint density at radius 3 is 2.33 bits per heavy atom. The summed E-state index contributed by atoms with van der Waals surface area (Å²) in [6, 6.07) is 18.3. The van der Waals surface area contributed by atoms with Crippen LogP contribution in [0.15, 0.2) is 54.6 Å². The van der Waals surface area contributed by atoms with Crippen molar-refractivity contribution in [1.82, 2.24) is 0 Å². The first kappa shape index (κ1) is 14.0. The van der Waals surface area contributed by atoms with Gasteiger partial charge >= 0.3 is 0 Å². The lowest BCUT2D eigenvalue weighted by Crippen LogP contribution is -2.28. The summed E-state index contributed by atoms with van der Waals surface area (Å²) in [6.07, 6.45) is 3.70. The Kier molecular flexibility index (Phi) is 4.41. The largest absolute Gasteiger partial charge is 0.457 e. The maximum Gasteiger partial charge on any atom is 0.129 e. The zero-order valence-corrected chi connectivity index (χ0v) is 12.0. The van der Waals surface area contributed by atoms with Crippen molar-refractivity contribution in [3.05, 3.63) is 54.6 Å². The predicted octanol–water partition coefficient (Wildman–Crippen LogP) is 4.19. The molecular formula is C18H21NO2. The predicted molar refractivity (Wildman–Crippen MR) is 84.8 cm³/mol. The van der Waals surface area contributed by atoms with E-state index in [2.05, 4.69) is 11.4 Å². The number of aliphatic hydroxyl groups is 1. The molecule has 0 aromatic heterocycles. The molecule has 3 heteroatoms. The highest BCUT2D eigenvalue weighted by atomic mass is 16.5. The van der Waals surface area contributed by atoms with Gasteiger partial charge in [0.25, 0.3) is 0 Å². The molecule has 0 heterocycles. The molecule has 0 unspecified atom stereocenters. The van der Waals surface area contributed by atoms with Crippen LogP contribution in [-0.2, 0) is 0 Å². The van der Waals surface area contributed by atoms with Crippen LogP contribution in [0.25, 0.3) is 0 Å². The Labute approximate surface area is 125 Å². The average Bonchev–Trinajstić information content (AvgIpc) is 2.51. The lowest BCUT2D eigenvalue weighted by atomic mass is 9.93. The number of rotatable bonds is 4. The van der Waals surface area contributed by atoms with E-state index in [1.807, 2.05) is 48.5 Å². The van der Waals surface area contributed by atoms with Crippen molar-refractivity contribution in [2.75, 3.05) is 5.32 Å². The molecule has 2 aromatic rings. The lowest BCUT2D eigenvalue weighted by molar-refractivity contribution is 0.126. The number of nitrogens with one attached hydrogen (secondary N) is 1. The molecule has 2 N–H and O–H groups in total. The van der Waals surface area contributed by atoms with Crippen LogP contribution in [-0.4, -0.2) is 17.3 Å². The molecule has 0 saturated heterocycles. The summed E-state index contributed by atoms with van der Waals surface area (Å²) in [7, 11) is 0. The van der Waals surface area contributed by atoms with Gasteiger partial charge in [0.05, 0.1) is 6.10 Å². The fourth-order valence-electron chi connectivity index (χ4n) is 2.73. The van der Waals surface area contributed by atoms with E-state index in [-0.39, 0.29) is 6.10 Å². The van der Waals surface area contributed by atoms with E-state index in [0.29, 0.717) is 6.04 Å². The second kappa shape index (κ2) is 6.64. The van der Waals surface area contributed by atoms with Gasteiger partial charge in [-0.3, -0.25) is 0 Å². The number of hydrogen-bond donors (Lipinski definition) is 2. The fourth-order valence-corrected chi connectivity index (χ4v) is 2.73. The van der Waals surface area contributed by atoms with Crippen molar-refractivity contribution in [1.29, 1.82) is 0 Å². The number of anilines is 1. The van der Waals surface area contributed by atoms with Gasteiger partial charge in [-0.2, -0.15) is 0 Å². The molecule has 0 aliphatic heterocycles. The molecule has 0 radical (unpaired) electrons. The molecule has 1 fully saturated rings. The first-order valence-electron chi connectivity index (χ1n) is 7.57. The molecule has 1 aliphatic rings. The maximum absolute atomic E-state index is 9.55. The highest BCUT2D eigenvalue weighted by Gasteiger charge is 2.19. The van der Waals surface area contributed by atoms with E-state index < -0.39 is 0 Å². The molecule has 3 rings (SSSR count). The SMILES string of the molecule is OC1CCC(Nc2cccc(Oc3ccccc3)c2)CC1. The monoisotopic (exact) mass is 283 g/mol. The normalized spacial score (nSPS) is 21.8. The van der Waals surface area contributed by atoms with Crippen molar-refractivity contribution in [3.8, 4) is 11.5 Å². The molecule has 3 nitrogen and oxygen atoms in total. The Hall–Kier alpha value is -2.00. The van der Waals surface area contributed by atoms with Crippen molar-refractivity contribution < 1.29 is 9.84 Å². The van der Waals surface area contributed by atoms with E-state index >= 15 is 0 Å². The minimum absolute atomic E-state index is 0.115. The van der Waals surface area contributed by atoms with E-state index in [9.17, 15) is 5.11 Å². The molecule has 2 aromatic carbocycles. The van der Waals surface area contributed by atoms with Crippen LogP contribution >= 0.6 is 0 Å². The molecule has 21 heavy (non-hydrogen) atoms. The van der Waals surface area contributed by atoms with E-state index in [1.54, 1.807) is 0 Å². The third-order valence-corrected chi connectivity index (χ3v) is 3.88. The summed E-state index contributed by atoms with van der Waals surface area (Å²) < 4.78 is 5.85. The van der Waals surface area contributed by atoms with Gasteiger partial charge in [0.1, 0.15) is 11.5 Å². The minimum Gasteiger partial charge on any atom is -0.457 e. The van der Waals surface area contributed by atoms with Crippen LogP contribution in [0.1, 0.15) is 25.7 Å². The van der Waals surface area contributed by atoms with Crippen molar-refractivity contribution >= 4 is 5.69 Å². The topological polar surface area (TPSA) is 41.5 Å². The third-order valence-electron chi connectivity index (χ3n) is 3.88. The van der Waals surface area contributed by atoms with Crippen molar-refractivity contribution in [3.63, 3.8) is 0 Å². The average molecular weight is 283 g/mol. The first-order chi connectivity index (χ1) is 10.3. The summed E-state index contributed by atoms with van der Waals surface area (Å²) in [5.41, 5.74) is 1.07. The second-order valence-electron chi connectivity index (χ2n) is 5.59. The molecule has 0 bridgehead atoms. The maximum atomic E-state index is 9.55. The van der Waals surface area contributed by atoms with Crippen LogP contribution in [0, 0.1) is 0 Å². The minimum atomic E-state index is -0.115. The molecule has 0 atom stereocenters. The van der Waals surface area contributed by atoms with Gasteiger partial charge in [0.2, 0.25) is 0 Å². The van der Waals surface area contributed by atoms with E-state index in [0.717, 1.165) is 42.9 Å². The lowest BCUT2D eigenvalue weighted by Gasteiger charge is -2.27. The van der Waals surface area contributed by atoms with Gasteiger partial charge in [0, 0.05) is 17.8 Å². The van der Waals surface area contributed by atoms with Gasteiger partial charge in [-0.15, -0.1) is 0 Å². The van der Waals surface area contributed by atoms with Gasteiger partial charge in [-0.05, 0) is 49.9 Å². The zero-order valence-electron chi connectivity index (χ0n) is 12.0. The van der Waals surface area contributed by atoms with Crippen LogP contribution in [0.2, 0.25) is 0 Å². The van der Waals surface area contributed by atoms with Gasteiger partial charge < -0.3 is 15.2 Å². The summed E-state index contributed by atoms with van der Waals surface area (Å²) in [6.45, 7) is 0. The molecule has 110 valence electrons. The zero-order chi connectivity index (χ0) is 14.5. The molecule has 1 saturated carbocycles. The van der Waals surface area contributed by atoms with Gasteiger partial charge in [-0.1, -0.05) is 24.3 Å². The number of hydrogen-bond acceptors (Lipinski definition) is 3. The molecule has 0 amide bonds. The number of para-hydroxylation sites is 1. The number of benzene rings is 2. The van der Waals surface area contributed by atoms with Crippen LogP contribution < -0.4 is 10.1 Å². The summed E-state index contributed by atoms with van der Waals surface area (Å²) in [5.74, 6) is 1.68. The molecule has 0 spiro atoms. The first-order valence-corrected chi connectivity index (χ1v) is 7.57.